The molecule has 0 fully saturated rings. The third-order valence-electron chi connectivity index (χ3n) is 4.82. The first-order valence-electron chi connectivity index (χ1n) is 8.82. The van der Waals surface area contributed by atoms with E-state index in [1.807, 2.05) is 48.5 Å². The summed E-state index contributed by atoms with van der Waals surface area (Å²) in [5.41, 5.74) is 3.65. The highest BCUT2D eigenvalue weighted by atomic mass is 32.1. The van der Waals surface area contributed by atoms with Crippen molar-refractivity contribution in [2.75, 3.05) is 0 Å². The topological polar surface area (TPSA) is 34.1 Å². The van der Waals surface area contributed by atoms with Crippen molar-refractivity contribution in [2.45, 2.75) is 0 Å². The standard InChI is InChI=1S/C24H14O2S2/c25-13-15-1-5-17(6-2-15)21-10-19-9-20-11-22(28-24(20)12-23(19)27-21)18-7-3-16(14-26)4-8-18/h1-14H. The number of benzene rings is 3. The molecule has 0 aliphatic heterocycles. The first-order valence-corrected chi connectivity index (χ1v) is 10.5. The maximum atomic E-state index is 10.9. The van der Waals surface area contributed by atoms with Crippen LogP contribution >= 0.6 is 22.7 Å². The summed E-state index contributed by atoms with van der Waals surface area (Å²) in [4.78, 5) is 24.1. The van der Waals surface area contributed by atoms with E-state index in [1.165, 1.54) is 29.9 Å². The molecule has 5 aromatic rings. The number of fused-ring (bicyclic) bond motifs is 2. The van der Waals surface area contributed by atoms with Gasteiger partial charge in [-0.3, -0.25) is 9.59 Å². The van der Waals surface area contributed by atoms with Crippen LogP contribution in [0.25, 0.3) is 41.1 Å². The van der Waals surface area contributed by atoms with Gasteiger partial charge in [0, 0.05) is 30.3 Å². The molecule has 2 heterocycles. The molecule has 2 nitrogen and oxygen atoms in total. The average Bonchev–Trinajstić information content (AvgIpc) is 3.35. The molecule has 134 valence electrons. The normalized spacial score (nSPS) is 11.1. The monoisotopic (exact) mass is 398 g/mol. The van der Waals surface area contributed by atoms with Crippen LogP contribution in [0.5, 0.6) is 0 Å². The van der Waals surface area contributed by atoms with Crippen molar-refractivity contribution in [2.24, 2.45) is 0 Å². The second kappa shape index (κ2) is 6.82. The number of hydrogen-bond acceptors (Lipinski definition) is 4. The van der Waals surface area contributed by atoms with Gasteiger partial charge in [0.15, 0.2) is 0 Å². The van der Waals surface area contributed by atoms with Gasteiger partial charge in [-0.1, -0.05) is 48.5 Å². The summed E-state index contributed by atoms with van der Waals surface area (Å²) < 4.78 is 2.51. The molecule has 0 spiro atoms. The van der Waals surface area contributed by atoms with Gasteiger partial charge in [-0.05, 0) is 46.2 Å². The quantitative estimate of drug-likeness (QED) is 0.303. The number of carbonyl (C=O) groups is 2. The molecule has 0 saturated carbocycles. The SMILES string of the molecule is O=Cc1ccc(-c2cc3cc4cc(-c5ccc(C=O)cc5)sc4cc3s2)cc1. The molecular formula is C24H14O2S2. The molecule has 0 unspecified atom stereocenters. The number of rotatable bonds is 4. The summed E-state index contributed by atoms with van der Waals surface area (Å²) in [6.07, 6.45) is 1.74. The van der Waals surface area contributed by atoms with E-state index in [0.717, 1.165) is 23.7 Å². The van der Waals surface area contributed by atoms with Crippen molar-refractivity contribution >= 4 is 55.4 Å². The second-order valence-electron chi connectivity index (χ2n) is 6.63. The number of thiophene rings is 2. The molecular weight excluding hydrogens is 384 g/mol. The first-order chi connectivity index (χ1) is 13.7. The van der Waals surface area contributed by atoms with Crippen LogP contribution in [0.2, 0.25) is 0 Å². The van der Waals surface area contributed by atoms with Crippen LogP contribution < -0.4 is 0 Å². The van der Waals surface area contributed by atoms with Crippen LogP contribution in [0.3, 0.4) is 0 Å². The van der Waals surface area contributed by atoms with E-state index in [1.54, 1.807) is 22.7 Å². The first kappa shape index (κ1) is 17.0. The third-order valence-corrected chi connectivity index (χ3v) is 7.11. The maximum Gasteiger partial charge on any atom is 0.150 e. The fourth-order valence-corrected chi connectivity index (χ4v) is 5.57. The highest BCUT2D eigenvalue weighted by molar-refractivity contribution is 7.24. The lowest BCUT2D eigenvalue weighted by atomic mass is 10.1. The van der Waals surface area contributed by atoms with Crippen LogP contribution in [-0.4, -0.2) is 12.6 Å². The van der Waals surface area contributed by atoms with Crippen LogP contribution in [0.4, 0.5) is 0 Å². The predicted octanol–water partition coefficient (Wildman–Crippen LogP) is 7.08. The predicted molar refractivity (Wildman–Crippen MR) is 119 cm³/mol. The third kappa shape index (κ3) is 2.97. The van der Waals surface area contributed by atoms with Gasteiger partial charge < -0.3 is 0 Å². The minimum absolute atomic E-state index is 0.694. The van der Waals surface area contributed by atoms with E-state index in [-0.39, 0.29) is 0 Å². The molecule has 2 aromatic heterocycles. The lowest BCUT2D eigenvalue weighted by Crippen LogP contribution is -1.78. The van der Waals surface area contributed by atoms with E-state index in [0.29, 0.717) is 11.1 Å². The molecule has 0 amide bonds. The van der Waals surface area contributed by atoms with Gasteiger partial charge >= 0.3 is 0 Å². The van der Waals surface area contributed by atoms with Gasteiger partial charge in [-0.25, -0.2) is 0 Å². The summed E-state index contributed by atoms with van der Waals surface area (Å²) in [6.45, 7) is 0. The van der Waals surface area contributed by atoms with Gasteiger partial charge in [0.1, 0.15) is 12.6 Å². The Kier molecular flexibility index (Phi) is 4.15. The number of hydrogen-bond donors (Lipinski definition) is 0. The van der Waals surface area contributed by atoms with Crippen molar-refractivity contribution in [3.05, 3.63) is 83.9 Å². The highest BCUT2D eigenvalue weighted by Gasteiger charge is 2.10. The Balaban J connectivity index is 1.55. The van der Waals surface area contributed by atoms with Crippen molar-refractivity contribution < 1.29 is 9.59 Å². The fraction of sp³-hybridized carbons (Fsp3) is 0. The molecule has 4 heteroatoms. The number of carbonyl (C=O) groups excluding carboxylic acids is 2. The Bertz CT molecular complexity index is 1170. The summed E-state index contributed by atoms with van der Waals surface area (Å²) in [6, 6.07) is 24.3. The molecule has 0 bridgehead atoms. The Morgan fingerprint density at radius 1 is 0.536 bits per heavy atom. The average molecular weight is 399 g/mol. The summed E-state index contributed by atoms with van der Waals surface area (Å²) in [5.74, 6) is 0. The van der Waals surface area contributed by atoms with E-state index in [2.05, 4.69) is 24.3 Å². The lowest BCUT2D eigenvalue weighted by Gasteiger charge is -1.96. The van der Waals surface area contributed by atoms with Gasteiger partial charge in [0.25, 0.3) is 0 Å². The molecule has 0 N–H and O–H groups in total. The molecule has 3 aromatic carbocycles. The molecule has 0 atom stereocenters. The Hall–Kier alpha value is -3.08. The van der Waals surface area contributed by atoms with Crippen LogP contribution in [-0.2, 0) is 0 Å². The summed E-state index contributed by atoms with van der Waals surface area (Å²) in [5, 5.41) is 2.46. The zero-order valence-electron chi connectivity index (χ0n) is 14.7. The number of aldehydes is 2. The largest absolute Gasteiger partial charge is 0.298 e. The Morgan fingerprint density at radius 3 is 1.36 bits per heavy atom. The lowest BCUT2D eigenvalue weighted by molar-refractivity contribution is 0.111. The Labute approximate surface area is 169 Å². The molecule has 5 rings (SSSR count). The van der Waals surface area contributed by atoms with E-state index in [9.17, 15) is 9.59 Å². The van der Waals surface area contributed by atoms with Crippen molar-refractivity contribution in [1.29, 1.82) is 0 Å². The zero-order chi connectivity index (χ0) is 19.1. The molecule has 0 aliphatic carbocycles. The zero-order valence-corrected chi connectivity index (χ0v) is 16.3. The van der Waals surface area contributed by atoms with E-state index < -0.39 is 0 Å². The maximum absolute atomic E-state index is 10.9. The molecule has 0 saturated heterocycles. The van der Waals surface area contributed by atoms with Gasteiger partial charge in [-0.2, -0.15) is 0 Å². The van der Waals surface area contributed by atoms with Crippen LogP contribution in [0.1, 0.15) is 20.7 Å². The van der Waals surface area contributed by atoms with Gasteiger partial charge in [-0.15, -0.1) is 22.7 Å². The van der Waals surface area contributed by atoms with Crippen LogP contribution in [0.15, 0.2) is 72.8 Å². The summed E-state index contributed by atoms with van der Waals surface area (Å²) >= 11 is 3.54. The molecule has 28 heavy (non-hydrogen) atoms. The van der Waals surface area contributed by atoms with Crippen molar-refractivity contribution in [3.63, 3.8) is 0 Å². The minimum Gasteiger partial charge on any atom is -0.298 e. The Morgan fingerprint density at radius 2 is 0.964 bits per heavy atom. The summed E-state index contributed by atoms with van der Waals surface area (Å²) in [7, 11) is 0. The smallest absolute Gasteiger partial charge is 0.150 e. The van der Waals surface area contributed by atoms with E-state index >= 15 is 0 Å². The van der Waals surface area contributed by atoms with Gasteiger partial charge in [0.2, 0.25) is 0 Å². The second-order valence-corrected chi connectivity index (χ2v) is 8.80. The fourth-order valence-electron chi connectivity index (χ4n) is 3.31. The van der Waals surface area contributed by atoms with Gasteiger partial charge in [0.05, 0.1) is 0 Å². The molecule has 0 aliphatic rings. The van der Waals surface area contributed by atoms with Crippen molar-refractivity contribution in [1.82, 2.24) is 0 Å². The van der Waals surface area contributed by atoms with Crippen LogP contribution in [0, 0.1) is 0 Å². The molecule has 0 radical (unpaired) electrons. The highest BCUT2D eigenvalue weighted by Crippen LogP contribution is 2.40. The van der Waals surface area contributed by atoms with E-state index in [4.69, 9.17) is 0 Å². The minimum atomic E-state index is 0.694. The van der Waals surface area contributed by atoms with Crippen molar-refractivity contribution in [3.8, 4) is 20.9 Å².